The van der Waals surface area contributed by atoms with Crippen molar-refractivity contribution in [2.45, 2.75) is 32.8 Å². The molecule has 2 heterocycles. The zero-order valence-electron chi connectivity index (χ0n) is 22.3. The number of nitrogens with zero attached hydrogens (tertiary/aromatic N) is 4. The van der Waals surface area contributed by atoms with Crippen LogP contribution in [0.5, 0.6) is 0 Å². The molecule has 37 heavy (non-hydrogen) atoms. The number of hydrogen-bond acceptors (Lipinski definition) is 6. The molecule has 0 N–H and O–H groups in total. The number of carbonyl (C=O) groups excluding carboxylic acids is 4. The lowest BCUT2D eigenvalue weighted by Gasteiger charge is -2.27. The van der Waals surface area contributed by atoms with Gasteiger partial charge in [-0.15, -0.1) is 0 Å². The van der Waals surface area contributed by atoms with E-state index in [-0.39, 0.29) is 49.7 Å². The Balaban J connectivity index is 1.70. The number of amides is 4. The van der Waals surface area contributed by atoms with Crippen molar-refractivity contribution in [3.05, 3.63) is 35.9 Å². The Labute approximate surface area is 219 Å². The SMILES string of the molecule is CCN(CC)C(=O)COC1CN(CCc2ccccc2)C(=O)CN(C(=O)C2CC(=O)N(CCOC)C2)C1. The molecule has 0 aliphatic carbocycles. The summed E-state index contributed by atoms with van der Waals surface area (Å²) in [7, 11) is 1.57. The number of hydrogen-bond donors (Lipinski definition) is 0. The number of ether oxygens (including phenoxy) is 2. The van der Waals surface area contributed by atoms with E-state index < -0.39 is 12.0 Å². The van der Waals surface area contributed by atoms with Crippen LogP contribution in [0.4, 0.5) is 0 Å². The third-order valence-electron chi connectivity index (χ3n) is 7.04. The van der Waals surface area contributed by atoms with Crippen LogP contribution < -0.4 is 0 Å². The van der Waals surface area contributed by atoms with E-state index in [1.807, 2.05) is 44.2 Å². The van der Waals surface area contributed by atoms with Crippen molar-refractivity contribution >= 4 is 23.6 Å². The Kier molecular flexibility index (Phi) is 10.9. The molecule has 4 amide bonds. The summed E-state index contributed by atoms with van der Waals surface area (Å²) in [5, 5.41) is 0. The molecule has 0 saturated carbocycles. The van der Waals surface area contributed by atoms with E-state index >= 15 is 0 Å². The summed E-state index contributed by atoms with van der Waals surface area (Å²) >= 11 is 0. The summed E-state index contributed by atoms with van der Waals surface area (Å²) in [5.74, 6) is -1.10. The highest BCUT2D eigenvalue weighted by atomic mass is 16.5. The highest BCUT2D eigenvalue weighted by molar-refractivity contribution is 5.91. The molecule has 0 radical (unpaired) electrons. The second kappa shape index (κ2) is 14.1. The predicted molar refractivity (Wildman–Crippen MR) is 138 cm³/mol. The molecule has 2 unspecified atom stereocenters. The summed E-state index contributed by atoms with van der Waals surface area (Å²) < 4.78 is 11.1. The quantitative estimate of drug-likeness (QED) is 0.405. The van der Waals surface area contributed by atoms with Gasteiger partial charge in [0.15, 0.2) is 0 Å². The van der Waals surface area contributed by atoms with E-state index in [1.54, 1.807) is 21.8 Å². The lowest BCUT2D eigenvalue weighted by Crippen LogP contribution is -2.44. The number of benzene rings is 1. The van der Waals surface area contributed by atoms with Crippen LogP contribution in [-0.4, -0.2) is 122 Å². The standard InChI is InChI=1S/C27H40N4O6/c1-4-28(5-2)26(34)20-37-23-17-29(12-11-21-9-7-6-8-10-21)25(33)19-31(18-23)27(35)22-15-24(32)30(16-22)13-14-36-3/h6-10,22-23H,4-5,11-20H2,1-3H3. The Morgan fingerprint density at radius 1 is 0.973 bits per heavy atom. The fourth-order valence-electron chi connectivity index (χ4n) is 4.85. The van der Waals surface area contributed by atoms with E-state index in [0.29, 0.717) is 52.3 Å². The molecule has 2 atom stereocenters. The first kappa shape index (κ1) is 28.6. The molecule has 2 aliphatic heterocycles. The fraction of sp³-hybridized carbons (Fsp3) is 0.630. The number of rotatable bonds is 12. The molecule has 2 fully saturated rings. The van der Waals surface area contributed by atoms with Crippen LogP contribution in [0.2, 0.25) is 0 Å². The van der Waals surface area contributed by atoms with E-state index in [0.717, 1.165) is 5.56 Å². The topological polar surface area (TPSA) is 99.7 Å². The highest BCUT2D eigenvalue weighted by Crippen LogP contribution is 2.22. The van der Waals surface area contributed by atoms with Crippen molar-refractivity contribution in [2.24, 2.45) is 5.92 Å². The molecule has 0 spiro atoms. The predicted octanol–water partition coefficient (Wildman–Crippen LogP) is 0.648. The number of likely N-dealkylation sites (N-methyl/N-ethyl adjacent to an activating group) is 1. The van der Waals surface area contributed by atoms with Crippen LogP contribution in [-0.2, 0) is 35.1 Å². The normalized spacial score (nSPS) is 20.4. The van der Waals surface area contributed by atoms with Gasteiger partial charge in [-0.3, -0.25) is 19.2 Å². The van der Waals surface area contributed by atoms with Gasteiger partial charge in [0, 0.05) is 59.3 Å². The Bertz CT molecular complexity index is 923. The second-order valence-corrected chi connectivity index (χ2v) is 9.53. The Hall–Kier alpha value is -2.98. The Morgan fingerprint density at radius 3 is 2.35 bits per heavy atom. The zero-order valence-corrected chi connectivity index (χ0v) is 22.3. The summed E-state index contributed by atoms with van der Waals surface area (Å²) in [6.45, 7) is 6.96. The van der Waals surface area contributed by atoms with Crippen molar-refractivity contribution in [1.29, 1.82) is 0 Å². The average Bonchev–Trinajstić information content (AvgIpc) is 3.19. The van der Waals surface area contributed by atoms with Crippen LogP contribution in [0.25, 0.3) is 0 Å². The van der Waals surface area contributed by atoms with E-state index in [9.17, 15) is 19.2 Å². The molecule has 10 nitrogen and oxygen atoms in total. The van der Waals surface area contributed by atoms with Gasteiger partial charge in [-0.25, -0.2) is 0 Å². The third-order valence-corrected chi connectivity index (χ3v) is 7.04. The summed E-state index contributed by atoms with van der Waals surface area (Å²) in [5.41, 5.74) is 1.11. The van der Waals surface area contributed by atoms with Gasteiger partial charge in [0.1, 0.15) is 6.61 Å². The minimum absolute atomic E-state index is 0.0692. The van der Waals surface area contributed by atoms with Crippen molar-refractivity contribution in [3.8, 4) is 0 Å². The maximum Gasteiger partial charge on any atom is 0.248 e. The third kappa shape index (κ3) is 8.00. The second-order valence-electron chi connectivity index (χ2n) is 9.53. The Morgan fingerprint density at radius 2 is 1.68 bits per heavy atom. The van der Waals surface area contributed by atoms with Crippen LogP contribution >= 0.6 is 0 Å². The summed E-state index contributed by atoms with van der Waals surface area (Å²) in [6.07, 6.45) is 0.293. The zero-order chi connectivity index (χ0) is 26.8. The lowest BCUT2D eigenvalue weighted by molar-refractivity contribution is -0.142. The summed E-state index contributed by atoms with van der Waals surface area (Å²) in [6, 6.07) is 9.90. The molecular weight excluding hydrogens is 476 g/mol. The van der Waals surface area contributed by atoms with Crippen molar-refractivity contribution in [1.82, 2.24) is 19.6 Å². The van der Waals surface area contributed by atoms with Crippen LogP contribution in [0.1, 0.15) is 25.8 Å². The first-order valence-corrected chi connectivity index (χ1v) is 13.1. The molecule has 0 aromatic heterocycles. The first-order chi connectivity index (χ1) is 17.9. The number of carbonyl (C=O) groups is 4. The first-order valence-electron chi connectivity index (χ1n) is 13.1. The van der Waals surface area contributed by atoms with Gasteiger partial charge in [-0.2, -0.15) is 0 Å². The van der Waals surface area contributed by atoms with Crippen molar-refractivity contribution in [2.75, 3.05) is 72.7 Å². The van der Waals surface area contributed by atoms with E-state index in [4.69, 9.17) is 9.47 Å². The molecule has 0 bridgehead atoms. The van der Waals surface area contributed by atoms with Crippen LogP contribution in [0, 0.1) is 5.92 Å². The van der Waals surface area contributed by atoms with Gasteiger partial charge in [0.05, 0.1) is 25.2 Å². The van der Waals surface area contributed by atoms with E-state index in [1.165, 1.54) is 4.90 Å². The van der Waals surface area contributed by atoms with Gasteiger partial charge in [0.25, 0.3) is 0 Å². The fourth-order valence-corrected chi connectivity index (χ4v) is 4.85. The van der Waals surface area contributed by atoms with Gasteiger partial charge >= 0.3 is 0 Å². The molecular formula is C27H40N4O6. The molecule has 2 saturated heterocycles. The molecule has 1 aromatic carbocycles. The molecule has 1 aromatic rings. The molecule has 10 heteroatoms. The van der Waals surface area contributed by atoms with Gasteiger partial charge in [0.2, 0.25) is 23.6 Å². The minimum atomic E-state index is -0.508. The minimum Gasteiger partial charge on any atom is -0.383 e. The molecule has 204 valence electrons. The van der Waals surface area contributed by atoms with Gasteiger partial charge in [-0.1, -0.05) is 30.3 Å². The average molecular weight is 517 g/mol. The molecule has 3 rings (SSSR count). The van der Waals surface area contributed by atoms with Crippen LogP contribution in [0.15, 0.2) is 30.3 Å². The maximum atomic E-state index is 13.4. The largest absolute Gasteiger partial charge is 0.383 e. The number of likely N-dealkylation sites (tertiary alicyclic amines) is 1. The molecule has 2 aliphatic rings. The van der Waals surface area contributed by atoms with Gasteiger partial charge in [-0.05, 0) is 25.8 Å². The van der Waals surface area contributed by atoms with Crippen LogP contribution in [0.3, 0.4) is 0 Å². The van der Waals surface area contributed by atoms with Gasteiger partial charge < -0.3 is 29.1 Å². The smallest absolute Gasteiger partial charge is 0.248 e. The van der Waals surface area contributed by atoms with E-state index in [2.05, 4.69) is 0 Å². The monoisotopic (exact) mass is 516 g/mol. The van der Waals surface area contributed by atoms with Crippen molar-refractivity contribution in [3.63, 3.8) is 0 Å². The lowest BCUT2D eigenvalue weighted by atomic mass is 10.1. The highest BCUT2D eigenvalue weighted by Gasteiger charge is 2.39. The maximum absolute atomic E-state index is 13.4. The summed E-state index contributed by atoms with van der Waals surface area (Å²) in [4.78, 5) is 58.2. The number of methoxy groups -OCH3 is 1. The van der Waals surface area contributed by atoms with Crippen molar-refractivity contribution < 1.29 is 28.7 Å².